The number of ether oxygens (including phenoxy) is 1. The van der Waals surface area contributed by atoms with Gasteiger partial charge in [-0.3, -0.25) is 4.79 Å². The van der Waals surface area contributed by atoms with Gasteiger partial charge < -0.3 is 9.64 Å². The van der Waals surface area contributed by atoms with Crippen LogP contribution in [0.1, 0.15) is 19.4 Å². The summed E-state index contributed by atoms with van der Waals surface area (Å²) in [5.74, 6) is -0.704. The summed E-state index contributed by atoms with van der Waals surface area (Å²) in [7, 11) is 0. The Balaban J connectivity index is 2.07. The van der Waals surface area contributed by atoms with E-state index in [0.717, 1.165) is 5.56 Å². The Bertz CT molecular complexity index is 495. The highest BCUT2D eigenvalue weighted by Gasteiger charge is 2.32. The zero-order valence-electron chi connectivity index (χ0n) is 12.0. The highest BCUT2D eigenvalue weighted by atomic mass is 16.5. The minimum atomic E-state index is -0.620. The Kier molecular flexibility index (Phi) is 4.75. The molecule has 0 spiro atoms. The molecule has 0 saturated carbocycles. The predicted octanol–water partition coefficient (Wildman–Crippen LogP) is 2.00. The molecule has 4 heteroatoms. The van der Waals surface area contributed by atoms with Crippen molar-refractivity contribution in [2.75, 3.05) is 13.2 Å². The van der Waals surface area contributed by atoms with Crippen LogP contribution in [-0.4, -0.2) is 36.1 Å². The molecule has 3 unspecified atom stereocenters. The van der Waals surface area contributed by atoms with Crippen LogP contribution in [0.15, 0.2) is 30.3 Å². The standard InChI is InChI=1S/C16H20N2O2/c1-12-11-20-13(2)10-18(12)16(19)15(9-17)8-14-6-4-3-5-7-14/h3-7,12-13,15H,8,10-11H2,1-2H3. The molecule has 2 rings (SSSR count). The first kappa shape index (κ1) is 14.5. The summed E-state index contributed by atoms with van der Waals surface area (Å²) in [6, 6.07) is 11.9. The zero-order valence-corrected chi connectivity index (χ0v) is 12.0. The molecular formula is C16H20N2O2. The molecule has 1 aliphatic heterocycles. The molecule has 0 aliphatic carbocycles. The van der Waals surface area contributed by atoms with Crippen molar-refractivity contribution >= 4 is 5.91 Å². The number of morpholine rings is 1. The van der Waals surface area contributed by atoms with Crippen molar-refractivity contribution in [3.05, 3.63) is 35.9 Å². The van der Waals surface area contributed by atoms with Crippen LogP contribution in [0.3, 0.4) is 0 Å². The van der Waals surface area contributed by atoms with E-state index in [1.54, 1.807) is 4.90 Å². The summed E-state index contributed by atoms with van der Waals surface area (Å²) in [6.07, 6.45) is 0.500. The summed E-state index contributed by atoms with van der Waals surface area (Å²) in [5, 5.41) is 9.31. The quantitative estimate of drug-likeness (QED) is 0.845. The fraction of sp³-hybridized carbons (Fsp3) is 0.500. The molecule has 4 nitrogen and oxygen atoms in total. The van der Waals surface area contributed by atoms with Crippen molar-refractivity contribution in [1.29, 1.82) is 5.26 Å². The van der Waals surface area contributed by atoms with Crippen LogP contribution in [0.5, 0.6) is 0 Å². The van der Waals surface area contributed by atoms with Crippen molar-refractivity contribution < 1.29 is 9.53 Å². The van der Waals surface area contributed by atoms with E-state index in [4.69, 9.17) is 4.74 Å². The second-order valence-corrected chi connectivity index (χ2v) is 5.35. The average molecular weight is 272 g/mol. The number of carbonyl (C=O) groups is 1. The number of benzene rings is 1. The third-order valence-electron chi connectivity index (χ3n) is 3.63. The smallest absolute Gasteiger partial charge is 0.240 e. The Labute approximate surface area is 120 Å². The Hall–Kier alpha value is -1.86. The number of nitrogens with zero attached hydrogens (tertiary/aromatic N) is 2. The number of rotatable bonds is 3. The molecule has 3 atom stereocenters. The molecule has 0 aromatic heterocycles. The van der Waals surface area contributed by atoms with Crippen molar-refractivity contribution in [3.63, 3.8) is 0 Å². The van der Waals surface area contributed by atoms with Crippen molar-refractivity contribution in [2.24, 2.45) is 5.92 Å². The van der Waals surface area contributed by atoms with Gasteiger partial charge in [-0.1, -0.05) is 30.3 Å². The van der Waals surface area contributed by atoms with Crippen LogP contribution in [0.25, 0.3) is 0 Å². The highest BCUT2D eigenvalue weighted by molar-refractivity contribution is 5.82. The van der Waals surface area contributed by atoms with Crippen molar-refractivity contribution in [3.8, 4) is 6.07 Å². The molecule has 0 bridgehead atoms. The third-order valence-corrected chi connectivity index (χ3v) is 3.63. The van der Waals surface area contributed by atoms with Crippen molar-refractivity contribution in [2.45, 2.75) is 32.4 Å². The minimum absolute atomic E-state index is 0.0327. The van der Waals surface area contributed by atoms with E-state index in [-0.39, 0.29) is 18.1 Å². The van der Waals surface area contributed by atoms with Crippen LogP contribution < -0.4 is 0 Å². The Morgan fingerprint density at radius 3 is 2.80 bits per heavy atom. The fourth-order valence-corrected chi connectivity index (χ4v) is 2.45. The second-order valence-electron chi connectivity index (χ2n) is 5.35. The van der Waals surface area contributed by atoms with Gasteiger partial charge in [-0.05, 0) is 25.8 Å². The average Bonchev–Trinajstić information content (AvgIpc) is 2.47. The lowest BCUT2D eigenvalue weighted by Gasteiger charge is -2.37. The summed E-state index contributed by atoms with van der Waals surface area (Å²) in [4.78, 5) is 14.3. The van der Waals surface area contributed by atoms with E-state index >= 15 is 0 Å². The fourth-order valence-electron chi connectivity index (χ4n) is 2.45. The topological polar surface area (TPSA) is 53.3 Å². The SMILES string of the molecule is CC1CN(C(=O)C(C#N)Cc2ccccc2)C(C)CO1. The molecule has 20 heavy (non-hydrogen) atoms. The highest BCUT2D eigenvalue weighted by Crippen LogP contribution is 2.17. The first-order valence-electron chi connectivity index (χ1n) is 6.97. The molecule has 0 radical (unpaired) electrons. The predicted molar refractivity (Wildman–Crippen MR) is 75.8 cm³/mol. The van der Waals surface area contributed by atoms with E-state index in [9.17, 15) is 10.1 Å². The minimum Gasteiger partial charge on any atom is -0.375 e. The van der Waals surface area contributed by atoms with Crippen LogP contribution >= 0.6 is 0 Å². The molecule has 1 aromatic carbocycles. The molecule has 106 valence electrons. The van der Waals surface area contributed by atoms with E-state index in [1.165, 1.54) is 0 Å². The van der Waals surface area contributed by atoms with Gasteiger partial charge in [0.1, 0.15) is 5.92 Å². The Morgan fingerprint density at radius 2 is 2.15 bits per heavy atom. The number of nitriles is 1. The zero-order chi connectivity index (χ0) is 14.5. The second kappa shape index (κ2) is 6.53. The van der Waals surface area contributed by atoms with E-state index < -0.39 is 5.92 Å². The molecule has 1 aliphatic rings. The van der Waals surface area contributed by atoms with Crippen LogP contribution in [0, 0.1) is 17.2 Å². The number of amides is 1. The van der Waals surface area contributed by atoms with Crippen LogP contribution in [0.2, 0.25) is 0 Å². The normalized spacial score (nSPS) is 23.9. The molecular weight excluding hydrogens is 252 g/mol. The molecule has 1 fully saturated rings. The third kappa shape index (κ3) is 3.37. The van der Waals surface area contributed by atoms with Gasteiger partial charge in [-0.15, -0.1) is 0 Å². The number of hydrogen-bond donors (Lipinski definition) is 0. The lowest BCUT2D eigenvalue weighted by atomic mass is 9.98. The monoisotopic (exact) mass is 272 g/mol. The van der Waals surface area contributed by atoms with Crippen molar-refractivity contribution in [1.82, 2.24) is 4.90 Å². The van der Waals surface area contributed by atoms with Crippen LogP contribution in [-0.2, 0) is 16.0 Å². The Morgan fingerprint density at radius 1 is 1.45 bits per heavy atom. The van der Waals surface area contributed by atoms with E-state index in [1.807, 2.05) is 44.2 Å². The van der Waals surface area contributed by atoms with E-state index in [0.29, 0.717) is 19.6 Å². The lowest BCUT2D eigenvalue weighted by Crippen LogP contribution is -2.52. The van der Waals surface area contributed by atoms with E-state index in [2.05, 4.69) is 6.07 Å². The summed E-state index contributed by atoms with van der Waals surface area (Å²) < 4.78 is 5.53. The largest absolute Gasteiger partial charge is 0.375 e. The summed E-state index contributed by atoms with van der Waals surface area (Å²) in [6.45, 7) is 5.01. The molecule has 1 aromatic rings. The molecule has 1 saturated heterocycles. The summed E-state index contributed by atoms with van der Waals surface area (Å²) in [5.41, 5.74) is 1.02. The molecule has 1 amide bonds. The first-order valence-corrected chi connectivity index (χ1v) is 6.97. The van der Waals surface area contributed by atoms with Gasteiger partial charge in [0.15, 0.2) is 0 Å². The first-order chi connectivity index (χ1) is 9.61. The van der Waals surface area contributed by atoms with Gasteiger partial charge in [0.25, 0.3) is 0 Å². The number of hydrogen-bond acceptors (Lipinski definition) is 3. The lowest BCUT2D eigenvalue weighted by molar-refractivity contribution is -0.145. The van der Waals surface area contributed by atoms with Gasteiger partial charge in [-0.25, -0.2) is 0 Å². The maximum absolute atomic E-state index is 12.5. The number of carbonyl (C=O) groups excluding carboxylic acids is 1. The maximum Gasteiger partial charge on any atom is 0.240 e. The maximum atomic E-state index is 12.5. The summed E-state index contributed by atoms with van der Waals surface area (Å²) >= 11 is 0. The van der Waals surface area contributed by atoms with Crippen LogP contribution in [0.4, 0.5) is 0 Å². The molecule has 1 heterocycles. The van der Waals surface area contributed by atoms with Gasteiger partial charge in [0.2, 0.25) is 5.91 Å². The van der Waals surface area contributed by atoms with Gasteiger partial charge in [0.05, 0.1) is 24.8 Å². The van der Waals surface area contributed by atoms with Gasteiger partial charge in [0, 0.05) is 6.54 Å². The van der Waals surface area contributed by atoms with Gasteiger partial charge >= 0.3 is 0 Å². The van der Waals surface area contributed by atoms with Gasteiger partial charge in [-0.2, -0.15) is 5.26 Å². The molecule has 0 N–H and O–H groups in total.